The van der Waals surface area contributed by atoms with Crippen molar-refractivity contribution in [3.8, 4) is 0 Å². The van der Waals surface area contributed by atoms with Crippen LogP contribution in [0.2, 0.25) is 0 Å². The number of carbonyl (C=O) groups is 1. The second-order valence-corrected chi connectivity index (χ2v) is 5.17. The Morgan fingerprint density at radius 1 is 1.21 bits per heavy atom. The maximum Gasteiger partial charge on any atom is 0.221 e. The van der Waals surface area contributed by atoms with Crippen LogP contribution in [0.15, 0.2) is 35.7 Å². The van der Waals surface area contributed by atoms with Gasteiger partial charge in [-0.3, -0.25) is 4.79 Å². The lowest BCUT2D eigenvalue weighted by atomic mass is 10.2. The van der Waals surface area contributed by atoms with Crippen LogP contribution in [0.5, 0.6) is 0 Å². The van der Waals surface area contributed by atoms with Crippen LogP contribution in [0, 0.1) is 5.82 Å². The monoisotopic (exact) mass is 278 g/mol. The highest BCUT2D eigenvalue weighted by Gasteiger charge is 2.05. The second kappa shape index (κ2) is 6.45. The van der Waals surface area contributed by atoms with Crippen molar-refractivity contribution in [1.29, 1.82) is 0 Å². The first-order chi connectivity index (χ1) is 9.15. The fourth-order valence-corrected chi connectivity index (χ4v) is 2.50. The van der Waals surface area contributed by atoms with Crippen LogP contribution < -0.4 is 10.6 Å². The topological polar surface area (TPSA) is 41.1 Å². The molecule has 0 aliphatic carbocycles. The van der Waals surface area contributed by atoms with E-state index < -0.39 is 0 Å². The summed E-state index contributed by atoms with van der Waals surface area (Å²) in [7, 11) is 0. The number of hydrogen-bond donors (Lipinski definition) is 2. The number of anilines is 1. The van der Waals surface area contributed by atoms with Gasteiger partial charge in [0.25, 0.3) is 0 Å². The zero-order valence-corrected chi connectivity index (χ0v) is 11.4. The maximum atomic E-state index is 12.7. The van der Waals surface area contributed by atoms with Crippen molar-refractivity contribution in [3.05, 3.63) is 52.0 Å². The van der Waals surface area contributed by atoms with Gasteiger partial charge >= 0.3 is 0 Å². The fraction of sp³-hybridized carbons (Fsp3) is 0.214. The zero-order chi connectivity index (χ0) is 13.7. The van der Waals surface area contributed by atoms with Crippen molar-refractivity contribution in [3.63, 3.8) is 0 Å². The van der Waals surface area contributed by atoms with Crippen LogP contribution in [0.25, 0.3) is 0 Å². The SMILES string of the molecule is CC(=O)Nc1ccsc1CNCc1ccc(F)cc1. The van der Waals surface area contributed by atoms with E-state index in [1.807, 2.05) is 11.4 Å². The Bertz CT molecular complexity index is 551. The molecule has 0 fully saturated rings. The first-order valence-electron chi connectivity index (χ1n) is 5.94. The summed E-state index contributed by atoms with van der Waals surface area (Å²) in [6, 6.07) is 8.30. The van der Waals surface area contributed by atoms with Gasteiger partial charge in [0.05, 0.1) is 5.69 Å². The van der Waals surface area contributed by atoms with Crippen LogP contribution >= 0.6 is 11.3 Å². The Morgan fingerprint density at radius 2 is 1.95 bits per heavy atom. The average Bonchev–Trinajstić information content (AvgIpc) is 2.78. The fourth-order valence-electron chi connectivity index (χ4n) is 1.70. The van der Waals surface area contributed by atoms with Gasteiger partial charge in [0, 0.05) is 24.9 Å². The number of nitrogens with one attached hydrogen (secondary N) is 2. The van der Waals surface area contributed by atoms with E-state index in [0.29, 0.717) is 13.1 Å². The zero-order valence-electron chi connectivity index (χ0n) is 10.6. The van der Waals surface area contributed by atoms with E-state index in [9.17, 15) is 9.18 Å². The summed E-state index contributed by atoms with van der Waals surface area (Å²) >= 11 is 1.59. The van der Waals surface area contributed by atoms with Crippen LogP contribution in [0.1, 0.15) is 17.4 Å². The minimum absolute atomic E-state index is 0.0711. The first-order valence-corrected chi connectivity index (χ1v) is 6.82. The minimum atomic E-state index is -0.227. The molecule has 0 saturated carbocycles. The van der Waals surface area contributed by atoms with Gasteiger partial charge in [-0.2, -0.15) is 0 Å². The van der Waals surface area contributed by atoms with Gasteiger partial charge in [-0.15, -0.1) is 11.3 Å². The van der Waals surface area contributed by atoms with E-state index in [2.05, 4.69) is 10.6 Å². The first kappa shape index (κ1) is 13.7. The number of thiophene rings is 1. The molecule has 19 heavy (non-hydrogen) atoms. The molecule has 1 aromatic heterocycles. The molecule has 0 spiro atoms. The lowest BCUT2D eigenvalue weighted by Crippen LogP contribution is -2.14. The van der Waals surface area contributed by atoms with Crippen molar-refractivity contribution in [2.45, 2.75) is 20.0 Å². The number of hydrogen-bond acceptors (Lipinski definition) is 3. The van der Waals surface area contributed by atoms with E-state index in [-0.39, 0.29) is 11.7 Å². The van der Waals surface area contributed by atoms with Crippen molar-refractivity contribution in [2.24, 2.45) is 0 Å². The van der Waals surface area contributed by atoms with Gasteiger partial charge in [0.15, 0.2) is 0 Å². The quantitative estimate of drug-likeness (QED) is 0.882. The minimum Gasteiger partial charge on any atom is -0.325 e. The molecule has 2 aromatic rings. The molecule has 2 N–H and O–H groups in total. The van der Waals surface area contributed by atoms with E-state index in [1.165, 1.54) is 19.1 Å². The standard InChI is InChI=1S/C14H15FN2OS/c1-10(18)17-13-6-7-19-14(13)9-16-8-11-2-4-12(15)5-3-11/h2-7,16H,8-9H2,1H3,(H,17,18). The molecular weight excluding hydrogens is 263 g/mol. The number of benzene rings is 1. The van der Waals surface area contributed by atoms with E-state index >= 15 is 0 Å². The molecule has 2 rings (SSSR count). The van der Waals surface area contributed by atoms with Gasteiger partial charge in [-0.05, 0) is 29.1 Å². The Morgan fingerprint density at radius 3 is 2.63 bits per heavy atom. The summed E-state index contributed by atoms with van der Waals surface area (Å²) in [5.74, 6) is -0.298. The van der Waals surface area contributed by atoms with Gasteiger partial charge < -0.3 is 10.6 Å². The largest absolute Gasteiger partial charge is 0.325 e. The smallest absolute Gasteiger partial charge is 0.221 e. The second-order valence-electron chi connectivity index (χ2n) is 4.17. The molecule has 0 atom stereocenters. The summed E-state index contributed by atoms with van der Waals surface area (Å²) in [5, 5.41) is 8.01. The van der Waals surface area contributed by atoms with Crippen molar-refractivity contribution >= 4 is 22.9 Å². The molecule has 100 valence electrons. The van der Waals surface area contributed by atoms with Crippen molar-refractivity contribution < 1.29 is 9.18 Å². The highest BCUT2D eigenvalue weighted by molar-refractivity contribution is 7.10. The molecule has 1 aromatic carbocycles. The number of rotatable bonds is 5. The third kappa shape index (κ3) is 4.15. The third-order valence-corrected chi connectivity index (χ3v) is 3.50. The van der Waals surface area contributed by atoms with Gasteiger partial charge in [0.2, 0.25) is 5.91 Å². The number of amides is 1. The molecule has 5 heteroatoms. The highest BCUT2D eigenvalue weighted by Crippen LogP contribution is 2.22. The van der Waals surface area contributed by atoms with E-state index in [4.69, 9.17) is 0 Å². The Kier molecular flexibility index (Phi) is 4.65. The molecule has 3 nitrogen and oxygen atoms in total. The summed E-state index contributed by atoms with van der Waals surface area (Å²) < 4.78 is 12.7. The number of carbonyl (C=O) groups excluding carboxylic acids is 1. The molecule has 1 heterocycles. The van der Waals surface area contributed by atoms with Crippen molar-refractivity contribution in [2.75, 3.05) is 5.32 Å². The summed E-state index contributed by atoms with van der Waals surface area (Å²) in [5.41, 5.74) is 1.88. The molecule has 1 amide bonds. The van der Waals surface area contributed by atoms with Crippen molar-refractivity contribution in [1.82, 2.24) is 5.32 Å². The van der Waals surface area contributed by atoms with E-state index in [1.54, 1.807) is 23.5 Å². The summed E-state index contributed by atoms with van der Waals surface area (Å²) in [6.07, 6.45) is 0. The molecule has 0 radical (unpaired) electrons. The normalized spacial score (nSPS) is 10.4. The predicted octanol–water partition coefficient (Wildman–Crippen LogP) is 3.14. The summed E-state index contributed by atoms with van der Waals surface area (Å²) in [6.45, 7) is 2.83. The molecule has 0 aliphatic heterocycles. The van der Waals surface area contributed by atoms with Gasteiger partial charge in [-0.1, -0.05) is 12.1 Å². The van der Waals surface area contributed by atoms with Crippen LogP contribution in [0.3, 0.4) is 0 Å². The van der Waals surface area contributed by atoms with Crippen LogP contribution in [0.4, 0.5) is 10.1 Å². The molecular formula is C14H15FN2OS. The Balaban J connectivity index is 1.87. The Labute approximate surface area is 115 Å². The third-order valence-electron chi connectivity index (χ3n) is 2.58. The van der Waals surface area contributed by atoms with Crippen LogP contribution in [-0.2, 0) is 17.9 Å². The molecule has 0 bridgehead atoms. The predicted molar refractivity (Wildman–Crippen MR) is 75.6 cm³/mol. The van der Waals surface area contributed by atoms with Crippen LogP contribution in [-0.4, -0.2) is 5.91 Å². The Hall–Kier alpha value is -1.72. The maximum absolute atomic E-state index is 12.7. The van der Waals surface area contributed by atoms with E-state index in [0.717, 1.165) is 16.1 Å². The highest BCUT2D eigenvalue weighted by atomic mass is 32.1. The van der Waals surface area contributed by atoms with Gasteiger partial charge in [0.1, 0.15) is 5.82 Å². The lowest BCUT2D eigenvalue weighted by Gasteiger charge is -2.06. The summed E-state index contributed by atoms with van der Waals surface area (Å²) in [4.78, 5) is 12.1. The van der Waals surface area contributed by atoms with Gasteiger partial charge in [-0.25, -0.2) is 4.39 Å². The molecule has 0 aliphatic rings. The lowest BCUT2D eigenvalue weighted by molar-refractivity contribution is -0.114. The average molecular weight is 278 g/mol. The molecule has 0 unspecified atom stereocenters. The number of halogens is 1. The molecule has 0 saturated heterocycles.